The number of benzene rings is 1. The van der Waals surface area contributed by atoms with Crippen molar-refractivity contribution < 1.29 is 24.3 Å². The van der Waals surface area contributed by atoms with Gasteiger partial charge >= 0.3 is 5.97 Å². The van der Waals surface area contributed by atoms with Crippen molar-refractivity contribution in [2.24, 2.45) is 17.2 Å². The lowest BCUT2D eigenvalue weighted by atomic mass is 10.0. The predicted molar refractivity (Wildman–Crippen MR) is 150 cm³/mol. The Balaban J connectivity index is 2.11. The number of carboxylic acids is 1. The van der Waals surface area contributed by atoms with Crippen LogP contribution in [0.2, 0.25) is 0 Å². The molecule has 1 aromatic carbocycles. The highest BCUT2D eigenvalue weighted by Crippen LogP contribution is 2.08. The number of aromatic amines is 1. The second kappa shape index (κ2) is 17.7. The fourth-order valence-electron chi connectivity index (χ4n) is 4.12. The largest absolute Gasteiger partial charge is 0.480 e. The highest BCUT2D eigenvalue weighted by molar-refractivity contribution is 5.94. The number of rotatable bonds is 19. The van der Waals surface area contributed by atoms with Gasteiger partial charge in [0.1, 0.15) is 18.1 Å². The van der Waals surface area contributed by atoms with Gasteiger partial charge < -0.3 is 43.2 Å². The molecule has 1 aromatic heterocycles. The third kappa shape index (κ3) is 11.5. The number of aliphatic carboxylic acids is 1. The Bertz CT molecular complexity index is 1050. The number of carbonyl (C=O) groups excluding carboxylic acids is 3. The van der Waals surface area contributed by atoms with E-state index in [0.717, 1.165) is 5.56 Å². The van der Waals surface area contributed by atoms with Gasteiger partial charge in [0, 0.05) is 18.3 Å². The summed E-state index contributed by atoms with van der Waals surface area (Å²) in [5, 5.41) is 17.6. The van der Waals surface area contributed by atoms with Crippen molar-refractivity contribution in [2.45, 2.75) is 75.5 Å². The molecule has 2 rings (SSSR count). The molecule has 4 atom stereocenters. The third-order valence-electron chi connectivity index (χ3n) is 6.39. The first-order valence-electron chi connectivity index (χ1n) is 13.6. The first-order chi connectivity index (χ1) is 19.2. The zero-order chi connectivity index (χ0) is 29.3. The number of hydrogen-bond donors (Lipinski definition) is 8. The maximum atomic E-state index is 13.3. The van der Waals surface area contributed by atoms with Crippen molar-refractivity contribution in [3.63, 3.8) is 0 Å². The van der Waals surface area contributed by atoms with Crippen LogP contribution in [0.15, 0.2) is 42.9 Å². The average molecular weight is 559 g/mol. The van der Waals surface area contributed by atoms with Crippen LogP contribution in [0, 0.1) is 0 Å². The fourth-order valence-corrected chi connectivity index (χ4v) is 4.12. The van der Waals surface area contributed by atoms with Crippen molar-refractivity contribution >= 4 is 23.7 Å². The van der Waals surface area contributed by atoms with Crippen LogP contribution in [0.3, 0.4) is 0 Å². The van der Waals surface area contributed by atoms with Gasteiger partial charge in [-0.2, -0.15) is 0 Å². The fraction of sp³-hybridized carbons (Fsp3) is 0.519. The number of nitrogens with one attached hydrogen (secondary N) is 4. The van der Waals surface area contributed by atoms with Gasteiger partial charge in [0.2, 0.25) is 17.7 Å². The van der Waals surface area contributed by atoms with E-state index < -0.39 is 47.9 Å². The van der Waals surface area contributed by atoms with Crippen LogP contribution in [-0.2, 0) is 32.0 Å². The van der Waals surface area contributed by atoms with Gasteiger partial charge in [-0.3, -0.25) is 14.4 Å². The SMILES string of the molecule is NCCCCC(NC(=O)C(N)Cc1ccccc1)C(=O)NC(CCCCN)C(=O)NC(Cc1cnc[nH]1)C(=O)O. The lowest BCUT2D eigenvalue weighted by Crippen LogP contribution is -2.57. The Morgan fingerprint density at radius 2 is 1.35 bits per heavy atom. The first-order valence-corrected chi connectivity index (χ1v) is 13.6. The molecule has 0 saturated heterocycles. The van der Waals surface area contributed by atoms with E-state index in [0.29, 0.717) is 57.3 Å². The number of nitrogens with zero attached hydrogens (tertiary/aromatic N) is 1. The van der Waals surface area contributed by atoms with Gasteiger partial charge in [0.05, 0.1) is 12.4 Å². The van der Waals surface area contributed by atoms with E-state index >= 15 is 0 Å². The second-order valence-corrected chi connectivity index (χ2v) is 9.67. The molecule has 220 valence electrons. The lowest BCUT2D eigenvalue weighted by Gasteiger charge is -2.25. The molecule has 0 fully saturated rings. The van der Waals surface area contributed by atoms with E-state index in [1.54, 1.807) is 0 Å². The maximum absolute atomic E-state index is 13.3. The van der Waals surface area contributed by atoms with Gasteiger partial charge in [-0.1, -0.05) is 30.3 Å². The molecule has 4 unspecified atom stereocenters. The summed E-state index contributed by atoms with van der Waals surface area (Å²) in [5.74, 6) is -2.93. The quantitative estimate of drug-likeness (QED) is 0.102. The maximum Gasteiger partial charge on any atom is 0.326 e. The number of imidazole rings is 1. The molecule has 0 radical (unpaired) electrons. The number of unbranched alkanes of at least 4 members (excludes halogenated alkanes) is 2. The average Bonchev–Trinajstić information content (AvgIpc) is 3.45. The lowest BCUT2D eigenvalue weighted by molar-refractivity contribution is -0.142. The Kier molecular flexibility index (Phi) is 14.3. The number of hydrogen-bond acceptors (Lipinski definition) is 8. The Morgan fingerprint density at radius 1 is 0.800 bits per heavy atom. The number of amides is 3. The van der Waals surface area contributed by atoms with E-state index in [9.17, 15) is 24.3 Å². The van der Waals surface area contributed by atoms with Crippen LogP contribution in [-0.4, -0.2) is 76.0 Å². The normalized spacial score (nSPS) is 14.0. The molecule has 0 aliphatic carbocycles. The summed E-state index contributed by atoms with van der Waals surface area (Å²) >= 11 is 0. The van der Waals surface area contributed by atoms with Crippen molar-refractivity contribution in [3.8, 4) is 0 Å². The minimum Gasteiger partial charge on any atom is -0.480 e. The second-order valence-electron chi connectivity index (χ2n) is 9.67. The monoisotopic (exact) mass is 558 g/mol. The molecule has 3 amide bonds. The predicted octanol–water partition coefficient (Wildman–Crippen LogP) is -0.681. The third-order valence-corrected chi connectivity index (χ3v) is 6.39. The Morgan fingerprint density at radius 3 is 1.85 bits per heavy atom. The van der Waals surface area contributed by atoms with Crippen LogP contribution in [0.1, 0.15) is 49.8 Å². The molecule has 11 N–H and O–H groups in total. The molecule has 40 heavy (non-hydrogen) atoms. The van der Waals surface area contributed by atoms with Crippen molar-refractivity contribution in [2.75, 3.05) is 13.1 Å². The Labute approximate surface area is 234 Å². The summed E-state index contributed by atoms with van der Waals surface area (Å²) in [5.41, 5.74) is 18.7. The van der Waals surface area contributed by atoms with Gasteiger partial charge in [-0.15, -0.1) is 0 Å². The number of aromatic nitrogens is 2. The van der Waals surface area contributed by atoms with Crippen LogP contribution < -0.4 is 33.2 Å². The highest BCUT2D eigenvalue weighted by Gasteiger charge is 2.30. The van der Waals surface area contributed by atoms with E-state index in [1.165, 1.54) is 12.5 Å². The molecule has 0 spiro atoms. The van der Waals surface area contributed by atoms with Crippen LogP contribution >= 0.6 is 0 Å². The summed E-state index contributed by atoms with van der Waals surface area (Å²) in [6, 6.07) is 5.18. The molecule has 13 nitrogen and oxygen atoms in total. The van der Waals surface area contributed by atoms with E-state index in [4.69, 9.17) is 17.2 Å². The summed E-state index contributed by atoms with van der Waals surface area (Å²) in [4.78, 5) is 57.9. The summed E-state index contributed by atoms with van der Waals surface area (Å²) in [6.07, 6.45) is 6.05. The van der Waals surface area contributed by atoms with E-state index in [-0.39, 0.29) is 12.8 Å². The van der Waals surface area contributed by atoms with Crippen molar-refractivity contribution in [1.82, 2.24) is 25.9 Å². The number of H-pyrrole nitrogens is 1. The summed E-state index contributed by atoms with van der Waals surface area (Å²) < 4.78 is 0. The van der Waals surface area contributed by atoms with Gasteiger partial charge in [0.25, 0.3) is 0 Å². The molecule has 0 aliphatic rings. The van der Waals surface area contributed by atoms with Crippen LogP contribution in [0.4, 0.5) is 0 Å². The number of nitrogens with two attached hydrogens (primary N) is 3. The molecule has 0 aliphatic heterocycles. The number of carbonyl (C=O) groups is 4. The standard InChI is InChI=1S/C27H42N8O5/c28-12-6-4-10-21(33-24(36)20(30)14-18-8-2-1-3-9-18)25(37)34-22(11-5-7-13-29)26(38)35-23(27(39)40)15-19-16-31-17-32-19/h1-3,8-9,16-17,20-23H,4-7,10-15,28-30H2,(H,31,32)(H,33,36)(H,34,37)(H,35,38)(H,39,40). The van der Waals surface area contributed by atoms with Crippen LogP contribution in [0.5, 0.6) is 0 Å². The molecule has 2 aromatic rings. The minimum atomic E-state index is -1.24. The van der Waals surface area contributed by atoms with E-state index in [1.807, 2.05) is 30.3 Å². The van der Waals surface area contributed by atoms with Gasteiger partial charge in [0.15, 0.2) is 0 Å². The molecule has 0 saturated carbocycles. The smallest absolute Gasteiger partial charge is 0.326 e. The molecule has 0 bridgehead atoms. The highest BCUT2D eigenvalue weighted by atomic mass is 16.4. The summed E-state index contributed by atoms with van der Waals surface area (Å²) in [7, 11) is 0. The molecule has 13 heteroatoms. The van der Waals surface area contributed by atoms with Crippen LogP contribution in [0.25, 0.3) is 0 Å². The van der Waals surface area contributed by atoms with Gasteiger partial charge in [-0.05, 0) is 63.6 Å². The van der Waals surface area contributed by atoms with Crippen molar-refractivity contribution in [1.29, 1.82) is 0 Å². The zero-order valence-corrected chi connectivity index (χ0v) is 22.7. The topological polar surface area (TPSA) is 231 Å². The molecular weight excluding hydrogens is 516 g/mol. The molecule has 1 heterocycles. The van der Waals surface area contributed by atoms with E-state index in [2.05, 4.69) is 25.9 Å². The minimum absolute atomic E-state index is 0.0123. The summed E-state index contributed by atoms with van der Waals surface area (Å²) in [6.45, 7) is 0.823. The zero-order valence-electron chi connectivity index (χ0n) is 22.7. The molecular formula is C27H42N8O5. The van der Waals surface area contributed by atoms with Crippen molar-refractivity contribution in [3.05, 3.63) is 54.1 Å². The van der Waals surface area contributed by atoms with Gasteiger partial charge in [-0.25, -0.2) is 9.78 Å². The Hall–Kier alpha value is -3.81. The number of carboxylic acid groups (broad SMARTS) is 1. The first kappa shape index (κ1) is 32.4.